The monoisotopic (exact) mass is 334 g/mol. The maximum absolute atomic E-state index is 5.50. The van der Waals surface area contributed by atoms with Gasteiger partial charge in [-0.25, -0.2) is 0 Å². The molecule has 0 aliphatic carbocycles. The number of pyridine rings is 1. The zero-order valence-electron chi connectivity index (χ0n) is 13.7. The van der Waals surface area contributed by atoms with Crippen LogP contribution in [-0.2, 0) is 19.5 Å². The molecule has 25 heavy (non-hydrogen) atoms. The van der Waals surface area contributed by atoms with Crippen molar-refractivity contribution in [2.45, 2.75) is 19.5 Å². The molecule has 6 heteroatoms. The average molecular weight is 334 g/mol. The fourth-order valence-electron chi connectivity index (χ4n) is 3.51. The zero-order chi connectivity index (χ0) is 16.6. The summed E-state index contributed by atoms with van der Waals surface area (Å²) in [6.45, 7) is 3.13. The van der Waals surface area contributed by atoms with Crippen molar-refractivity contribution >= 4 is 0 Å². The lowest BCUT2D eigenvalue weighted by molar-refractivity contribution is 0.174. The minimum absolute atomic E-state index is 0.289. The lowest BCUT2D eigenvalue weighted by Crippen LogP contribution is -2.30. The number of ether oxygens (including phenoxy) is 2. The number of fused-ring (bicyclic) bond motifs is 2. The van der Waals surface area contributed by atoms with E-state index in [0.29, 0.717) is 0 Å². The predicted molar refractivity (Wildman–Crippen MR) is 92.2 cm³/mol. The summed E-state index contributed by atoms with van der Waals surface area (Å²) in [5.74, 6) is 1.59. The Hall–Kier alpha value is -2.86. The average Bonchev–Trinajstić information content (AvgIpc) is 3.28. The van der Waals surface area contributed by atoms with Crippen LogP contribution >= 0.6 is 0 Å². The molecule has 0 saturated carbocycles. The molecule has 0 spiro atoms. The number of benzene rings is 1. The van der Waals surface area contributed by atoms with Crippen LogP contribution in [0.3, 0.4) is 0 Å². The van der Waals surface area contributed by atoms with E-state index >= 15 is 0 Å². The summed E-state index contributed by atoms with van der Waals surface area (Å²) in [5.41, 5.74) is 5.87. The summed E-state index contributed by atoms with van der Waals surface area (Å²) in [6, 6.07) is 10.2. The molecule has 2 aliphatic rings. The first-order valence-corrected chi connectivity index (χ1v) is 8.44. The topological polar surface area (TPSA) is 63.3 Å². The Bertz CT molecular complexity index is 907. The first-order valence-electron chi connectivity index (χ1n) is 8.44. The Morgan fingerprint density at radius 3 is 2.88 bits per heavy atom. The van der Waals surface area contributed by atoms with E-state index < -0.39 is 0 Å². The van der Waals surface area contributed by atoms with Crippen molar-refractivity contribution in [2.24, 2.45) is 0 Å². The molecule has 1 aromatic carbocycles. The van der Waals surface area contributed by atoms with Crippen molar-refractivity contribution in [3.63, 3.8) is 0 Å². The van der Waals surface area contributed by atoms with Crippen LogP contribution in [0.25, 0.3) is 11.3 Å². The SMILES string of the molecule is c1cc(CN2CCc3[nH]nc(-c4ccc5c(c4)OCO5)c3C2)ccn1. The van der Waals surface area contributed by atoms with Gasteiger partial charge in [-0.2, -0.15) is 5.10 Å². The second-order valence-corrected chi connectivity index (χ2v) is 6.41. The van der Waals surface area contributed by atoms with Crippen LogP contribution in [0.4, 0.5) is 0 Å². The van der Waals surface area contributed by atoms with Crippen molar-refractivity contribution in [1.82, 2.24) is 20.1 Å². The molecule has 2 aliphatic heterocycles. The van der Waals surface area contributed by atoms with E-state index in [1.54, 1.807) is 0 Å². The fraction of sp³-hybridized carbons (Fsp3) is 0.263. The van der Waals surface area contributed by atoms with Crippen LogP contribution in [0.15, 0.2) is 42.7 Å². The van der Waals surface area contributed by atoms with Gasteiger partial charge in [-0.3, -0.25) is 15.0 Å². The van der Waals surface area contributed by atoms with Gasteiger partial charge in [-0.1, -0.05) is 0 Å². The quantitative estimate of drug-likeness (QED) is 0.798. The predicted octanol–water partition coefficient (Wildman–Crippen LogP) is 2.76. The molecule has 0 fully saturated rings. The third-order valence-electron chi connectivity index (χ3n) is 4.81. The fourth-order valence-corrected chi connectivity index (χ4v) is 3.51. The van der Waals surface area contributed by atoms with Crippen molar-refractivity contribution in [3.05, 3.63) is 59.5 Å². The minimum Gasteiger partial charge on any atom is -0.454 e. The van der Waals surface area contributed by atoms with Gasteiger partial charge in [0.1, 0.15) is 0 Å². The van der Waals surface area contributed by atoms with Crippen LogP contribution in [-0.4, -0.2) is 33.4 Å². The smallest absolute Gasteiger partial charge is 0.231 e. The summed E-state index contributed by atoms with van der Waals surface area (Å²) in [6.07, 6.45) is 4.68. The van der Waals surface area contributed by atoms with Gasteiger partial charge in [-0.15, -0.1) is 0 Å². The van der Waals surface area contributed by atoms with Gasteiger partial charge in [0, 0.05) is 55.3 Å². The van der Waals surface area contributed by atoms with Crippen molar-refractivity contribution in [2.75, 3.05) is 13.3 Å². The lowest BCUT2D eigenvalue weighted by atomic mass is 10.0. The Balaban J connectivity index is 1.43. The molecule has 0 saturated heterocycles. The lowest BCUT2D eigenvalue weighted by Gasteiger charge is -2.27. The summed E-state index contributed by atoms with van der Waals surface area (Å²) in [5, 5.41) is 7.80. The summed E-state index contributed by atoms with van der Waals surface area (Å²) >= 11 is 0. The van der Waals surface area contributed by atoms with Gasteiger partial charge in [0.05, 0.1) is 5.69 Å². The number of hydrogen-bond acceptors (Lipinski definition) is 5. The molecule has 4 heterocycles. The molecular weight excluding hydrogens is 316 g/mol. The maximum atomic E-state index is 5.50. The number of nitrogens with one attached hydrogen (secondary N) is 1. The zero-order valence-corrected chi connectivity index (χ0v) is 13.7. The largest absolute Gasteiger partial charge is 0.454 e. The Morgan fingerprint density at radius 1 is 1.08 bits per heavy atom. The molecule has 2 aromatic heterocycles. The standard InChI is InChI=1S/C19H18N4O2/c1-2-17-18(25-12-24-17)9-14(1)19-15-11-23(8-5-16(15)21-22-19)10-13-3-6-20-7-4-13/h1-4,6-7,9H,5,8,10-12H2,(H,21,22). The summed E-state index contributed by atoms with van der Waals surface area (Å²) in [7, 11) is 0. The molecule has 126 valence electrons. The molecule has 6 nitrogen and oxygen atoms in total. The normalized spacial score (nSPS) is 16.0. The Kier molecular flexibility index (Phi) is 3.41. The Labute approximate surface area is 145 Å². The third-order valence-corrected chi connectivity index (χ3v) is 4.81. The molecule has 0 bridgehead atoms. The van der Waals surface area contributed by atoms with E-state index in [9.17, 15) is 0 Å². The molecule has 5 rings (SSSR count). The van der Waals surface area contributed by atoms with E-state index in [4.69, 9.17) is 9.47 Å². The number of aromatic amines is 1. The molecule has 1 N–H and O–H groups in total. The molecule has 0 radical (unpaired) electrons. The molecule has 3 aromatic rings. The number of rotatable bonds is 3. The second kappa shape index (κ2) is 5.89. The molecular formula is C19H18N4O2. The highest BCUT2D eigenvalue weighted by Crippen LogP contribution is 2.37. The highest BCUT2D eigenvalue weighted by molar-refractivity contribution is 5.68. The maximum Gasteiger partial charge on any atom is 0.231 e. The van der Waals surface area contributed by atoms with Gasteiger partial charge in [0.2, 0.25) is 6.79 Å². The van der Waals surface area contributed by atoms with Gasteiger partial charge in [0.15, 0.2) is 11.5 Å². The van der Waals surface area contributed by atoms with Gasteiger partial charge < -0.3 is 9.47 Å². The number of nitrogens with zero attached hydrogens (tertiary/aromatic N) is 3. The van der Waals surface area contributed by atoms with Gasteiger partial charge >= 0.3 is 0 Å². The second-order valence-electron chi connectivity index (χ2n) is 6.41. The number of H-pyrrole nitrogens is 1. The van der Waals surface area contributed by atoms with Crippen molar-refractivity contribution < 1.29 is 9.47 Å². The van der Waals surface area contributed by atoms with Crippen LogP contribution in [0.1, 0.15) is 16.8 Å². The van der Waals surface area contributed by atoms with Gasteiger partial charge in [-0.05, 0) is 35.9 Å². The third kappa shape index (κ3) is 2.64. The van der Waals surface area contributed by atoms with Gasteiger partial charge in [0.25, 0.3) is 0 Å². The summed E-state index contributed by atoms with van der Waals surface area (Å²) in [4.78, 5) is 6.54. The number of hydrogen-bond donors (Lipinski definition) is 1. The summed E-state index contributed by atoms with van der Waals surface area (Å²) < 4.78 is 10.9. The van der Waals surface area contributed by atoms with E-state index in [-0.39, 0.29) is 6.79 Å². The highest BCUT2D eigenvalue weighted by Gasteiger charge is 2.24. The highest BCUT2D eigenvalue weighted by atomic mass is 16.7. The first-order chi connectivity index (χ1) is 12.4. The van der Waals surface area contributed by atoms with E-state index in [0.717, 1.165) is 48.8 Å². The molecule has 0 unspecified atom stereocenters. The van der Waals surface area contributed by atoms with E-state index in [2.05, 4.69) is 32.2 Å². The van der Waals surface area contributed by atoms with E-state index in [1.165, 1.54) is 16.8 Å². The molecule has 0 atom stereocenters. The molecule has 0 amide bonds. The van der Waals surface area contributed by atoms with Crippen LogP contribution in [0.5, 0.6) is 11.5 Å². The van der Waals surface area contributed by atoms with Crippen molar-refractivity contribution in [3.8, 4) is 22.8 Å². The van der Waals surface area contributed by atoms with E-state index in [1.807, 2.05) is 30.6 Å². The van der Waals surface area contributed by atoms with Crippen LogP contribution in [0.2, 0.25) is 0 Å². The first kappa shape index (κ1) is 14.5. The van der Waals surface area contributed by atoms with Crippen LogP contribution in [0, 0.1) is 0 Å². The van der Waals surface area contributed by atoms with Crippen LogP contribution < -0.4 is 9.47 Å². The number of aromatic nitrogens is 3. The Morgan fingerprint density at radius 2 is 1.96 bits per heavy atom. The minimum atomic E-state index is 0.289. The van der Waals surface area contributed by atoms with Crippen molar-refractivity contribution in [1.29, 1.82) is 0 Å².